The molecular weight excluding hydrogens is 416 g/mol. The summed E-state index contributed by atoms with van der Waals surface area (Å²) in [5.74, 6) is -0.276. The maximum Gasteiger partial charge on any atom is 0.416 e. The molecule has 2 bridgehead atoms. The SMILES string of the molecule is CN1CC2CC[C@H](N(C)C)C(C1)[C@@H]2OC(=O)c1cccc(C(F)(F)F)c1.Cl.Cl. The second kappa shape index (κ2) is 9.65. The number of nitrogens with zero attached hydrogens (tertiary/aromatic N) is 2. The van der Waals surface area contributed by atoms with Crippen molar-refractivity contribution in [3.63, 3.8) is 0 Å². The Morgan fingerprint density at radius 2 is 1.86 bits per heavy atom. The number of rotatable bonds is 3. The lowest BCUT2D eigenvalue weighted by Crippen LogP contribution is -2.59. The average Bonchev–Trinajstić information content (AvgIpc) is 2.55. The van der Waals surface area contributed by atoms with E-state index in [4.69, 9.17) is 4.74 Å². The molecule has 1 aliphatic heterocycles. The van der Waals surface area contributed by atoms with Gasteiger partial charge in [0.1, 0.15) is 6.10 Å². The highest BCUT2D eigenvalue weighted by atomic mass is 35.5. The van der Waals surface area contributed by atoms with Gasteiger partial charge in [-0.05, 0) is 52.2 Å². The maximum absolute atomic E-state index is 12.9. The Labute approximate surface area is 176 Å². The minimum absolute atomic E-state index is 0. The van der Waals surface area contributed by atoms with Crippen LogP contribution in [0.15, 0.2) is 24.3 Å². The zero-order chi connectivity index (χ0) is 19.1. The van der Waals surface area contributed by atoms with Crippen LogP contribution in [0.5, 0.6) is 0 Å². The smallest absolute Gasteiger partial charge is 0.416 e. The molecule has 160 valence electrons. The number of halogens is 5. The fourth-order valence-electron chi connectivity index (χ4n) is 4.43. The van der Waals surface area contributed by atoms with Crippen molar-refractivity contribution in [2.45, 2.75) is 31.2 Å². The molecule has 2 fully saturated rings. The quantitative estimate of drug-likeness (QED) is 0.662. The molecule has 28 heavy (non-hydrogen) atoms. The summed E-state index contributed by atoms with van der Waals surface area (Å²) in [6.45, 7) is 1.66. The van der Waals surface area contributed by atoms with Gasteiger partial charge in [-0.25, -0.2) is 4.79 Å². The number of esters is 1. The molecule has 3 rings (SSSR count). The highest BCUT2D eigenvalue weighted by Crippen LogP contribution is 2.39. The van der Waals surface area contributed by atoms with Crippen LogP contribution >= 0.6 is 24.8 Å². The van der Waals surface area contributed by atoms with Crippen molar-refractivity contribution in [2.75, 3.05) is 34.2 Å². The molecule has 9 heteroatoms. The lowest BCUT2D eigenvalue weighted by molar-refractivity contribution is -0.137. The number of alkyl halides is 3. The van der Waals surface area contributed by atoms with Crippen molar-refractivity contribution in [1.82, 2.24) is 9.80 Å². The number of ether oxygens (including phenoxy) is 1. The topological polar surface area (TPSA) is 32.8 Å². The predicted molar refractivity (Wildman–Crippen MR) is 106 cm³/mol. The summed E-state index contributed by atoms with van der Waals surface area (Å²) in [6, 6.07) is 4.76. The van der Waals surface area contributed by atoms with Gasteiger partial charge in [0, 0.05) is 31.0 Å². The van der Waals surface area contributed by atoms with Crippen molar-refractivity contribution in [1.29, 1.82) is 0 Å². The van der Waals surface area contributed by atoms with E-state index in [1.54, 1.807) is 0 Å². The van der Waals surface area contributed by atoms with Crippen LogP contribution in [0.3, 0.4) is 0 Å². The van der Waals surface area contributed by atoms with Crippen molar-refractivity contribution in [3.8, 4) is 0 Å². The van der Waals surface area contributed by atoms with Gasteiger partial charge >= 0.3 is 12.1 Å². The normalized spacial score (nSPS) is 27.5. The van der Waals surface area contributed by atoms with E-state index in [2.05, 4.69) is 16.8 Å². The van der Waals surface area contributed by atoms with E-state index < -0.39 is 17.7 Å². The van der Waals surface area contributed by atoms with Gasteiger partial charge in [0.25, 0.3) is 0 Å². The van der Waals surface area contributed by atoms with Crippen LogP contribution in [-0.2, 0) is 10.9 Å². The Kier molecular flexibility index (Phi) is 8.62. The molecule has 0 spiro atoms. The number of carbonyl (C=O) groups is 1. The van der Waals surface area contributed by atoms with E-state index in [0.717, 1.165) is 38.1 Å². The van der Waals surface area contributed by atoms with E-state index in [-0.39, 0.29) is 48.3 Å². The number of hydrogen-bond acceptors (Lipinski definition) is 4. The van der Waals surface area contributed by atoms with Crippen molar-refractivity contribution in [3.05, 3.63) is 35.4 Å². The Morgan fingerprint density at radius 3 is 2.46 bits per heavy atom. The molecule has 1 heterocycles. The second-order valence-corrected chi connectivity index (χ2v) is 7.70. The lowest BCUT2D eigenvalue weighted by Gasteiger charge is -2.50. The zero-order valence-electron chi connectivity index (χ0n) is 16.1. The first kappa shape index (κ1) is 25.0. The summed E-state index contributed by atoms with van der Waals surface area (Å²) in [5, 5.41) is 0. The number of piperidine rings is 1. The number of likely N-dealkylation sites (tertiary alicyclic amines) is 1. The summed E-state index contributed by atoms with van der Waals surface area (Å²) < 4.78 is 44.5. The van der Waals surface area contributed by atoms with Crippen LogP contribution < -0.4 is 0 Å². The monoisotopic (exact) mass is 442 g/mol. The largest absolute Gasteiger partial charge is 0.458 e. The minimum atomic E-state index is -4.48. The second-order valence-electron chi connectivity index (χ2n) is 7.70. The predicted octanol–water partition coefficient (Wildman–Crippen LogP) is 3.98. The van der Waals surface area contributed by atoms with Gasteiger partial charge in [-0.2, -0.15) is 13.2 Å². The van der Waals surface area contributed by atoms with Gasteiger partial charge in [-0.3, -0.25) is 0 Å². The standard InChI is InChI=1S/C19H25F3N2O2.2ClH/c1-23(2)16-8-7-13-10-24(3)11-15(16)17(13)26-18(25)12-5-4-6-14(9-12)19(20,21)22;;/h4-6,9,13,15-17H,7-8,10-11H2,1-3H3;2*1H/t13?,15?,16-,17+;;/m0../s1. The van der Waals surface area contributed by atoms with Gasteiger partial charge in [0.15, 0.2) is 0 Å². The van der Waals surface area contributed by atoms with Crippen molar-refractivity contribution < 1.29 is 22.7 Å². The summed E-state index contributed by atoms with van der Waals surface area (Å²) in [4.78, 5) is 17.0. The first-order chi connectivity index (χ1) is 12.2. The third-order valence-corrected chi connectivity index (χ3v) is 5.61. The van der Waals surface area contributed by atoms with Gasteiger partial charge in [0.05, 0.1) is 11.1 Å². The fourth-order valence-corrected chi connectivity index (χ4v) is 4.43. The van der Waals surface area contributed by atoms with Gasteiger partial charge in [-0.15, -0.1) is 24.8 Å². The molecule has 1 saturated heterocycles. The van der Waals surface area contributed by atoms with E-state index >= 15 is 0 Å². The highest BCUT2D eigenvalue weighted by molar-refractivity contribution is 5.89. The van der Waals surface area contributed by atoms with Gasteiger partial charge in [-0.1, -0.05) is 6.07 Å². The van der Waals surface area contributed by atoms with E-state index in [1.807, 2.05) is 14.1 Å². The molecule has 0 N–H and O–H groups in total. The molecule has 1 aliphatic carbocycles. The fraction of sp³-hybridized carbons (Fsp3) is 0.632. The molecule has 4 nitrogen and oxygen atoms in total. The van der Waals surface area contributed by atoms with Crippen LogP contribution in [0, 0.1) is 11.8 Å². The molecule has 1 aromatic rings. The summed E-state index contributed by atoms with van der Waals surface area (Å²) in [7, 11) is 6.10. The first-order valence-electron chi connectivity index (χ1n) is 8.90. The number of hydrogen-bond donors (Lipinski definition) is 0. The summed E-state index contributed by atoms with van der Waals surface area (Å²) in [5.41, 5.74) is -0.875. The van der Waals surface area contributed by atoms with Gasteiger partial charge < -0.3 is 14.5 Å². The molecule has 1 aromatic carbocycles. The third-order valence-electron chi connectivity index (χ3n) is 5.61. The van der Waals surface area contributed by atoms with Crippen LogP contribution in [0.2, 0.25) is 0 Å². The van der Waals surface area contributed by atoms with Crippen LogP contribution in [-0.4, -0.2) is 62.1 Å². The minimum Gasteiger partial charge on any atom is -0.458 e. The summed E-state index contributed by atoms with van der Waals surface area (Å²) in [6.07, 6.45) is -2.73. The Hall–Kier alpha value is -1.02. The Bertz CT molecular complexity index is 673. The zero-order valence-corrected chi connectivity index (χ0v) is 17.7. The highest BCUT2D eigenvalue weighted by Gasteiger charge is 2.46. The van der Waals surface area contributed by atoms with Crippen LogP contribution in [0.4, 0.5) is 13.2 Å². The van der Waals surface area contributed by atoms with Crippen LogP contribution in [0.1, 0.15) is 28.8 Å². The van der Waals surface area contributed by atoms with Gasteiger partial charge in [0.2, 0.25) is 0 Å². The number of fused-ring (bicyclic) bond motifs is 2. The van der Waals surface area contributed by atoms with Crippen molar-refractivity contribution in [2.24, 2.45) is 11.8 Å². The maximum atomic E-state index is 12.9. The average molecular weight is 443 g/mol. The number of carbonyl (C=O) groups excluding carboxylic acids is 1. The van der Waals surface area contributed by atoms with E-state index in [9.17, 15) is 18.0 Å². The molecule has 0 amide bonds. The number of benzene rings is 1. The first-order valence-corrected chi connectivity index (χ1v) is 8.90. The summed E-state index contributed by atoms with van der Waals surface area (Å²) >= 11 is 0. The third kappa shape index (κ3) is 5.32. The molecule has 4 atom stereocenters. The Morgan fingerprint density at radius 1 is 1.18 bits per heavy atom. The Balaban J connectivity index is 0.00000196. The lowest BCUT2D eigenvalue weighted by atomic mass is 9.72. The molecule has 2 unspecified atom stereocenters. The molecule has 1 saturated carbocycles. The molecule has 2 aliphatic rings. The van der Waals surface area contributed by atoms with Crippen molar-refractivity contribution >= 4 is 30.8 Å². The molecular formula is C19H27Cl2F3N2O2. The van der Waals surface area contributed by atoms with E-state index in [1.165, 1.54) is 12.1 Å². The molecule has 0 aromatic heterocycles. The molecule has 0 radical (unpaired) electrons. The van der Waals surface area contributed by atoms with Crippen LogP contribution in [0.25, 0.3) is 0 Å². The van der Waals surface area contributed by atoms with E-state index in [0.29, 0.717) is 6.04 Å².